The van der Waals surface area contributed by atoms with E-state index >= 15 is 0 Å². The minimum atomic E-state index is -0.108. The van der Waals surface area contributed by atoms with Gasteiger partial charge in [0.2, 0.25) is 5.88 Å². The molecule has 82 valence electrons. The number of hydrogen-bond acceptors (Lipinski definition) is 4. The number of pyridine rings is 1. The number of rotatable bonds is 1. The molecule has 2 rings (SSSR count). The third kappa shape index (κ3) is 2.01. The van der Waals surface area contributed by atoms with Gasteiger partial charge in [-0.25, -0.2) is 4.98 Å². The Kier molecular flexibility index (Phi) is 2.98. The van der Waals surface area contributed by atoms with Gasteiger partial charge >= 0.3 is 0 Å². The molecule has 0 aliphatic carbocycles. The molecule has 2 heterocycles. The molecule has 5 heteroatoms. The second-order valence-electron chi connectivity index (χ2n) is 3.53. The number of ether oxygens (including phenoxy) is 1. The lowest BCUT2D eigenvalue weighted by Gasteiger charge is -2.30. The highest BCUT2D eigenvalue weighted by Gasteiger charge is 2.18. The molecule has 0 amide bonds. The van der Waals surface area contributed by atoms with Crippen molar-refractivity contribution in [3.05, 3.63) is 16.8 Å². The van der Waals surface area contributed by atoms with Crippen LogP contribution in [-0.4, -0.2) is 36.4 Å². The molecule has 0 radical (unpaired) electrons. The van der Waals surface area contributed by atoms with Crippen molar-refractivity contribution >= 4 is 17.3 Å². The lowest BCUT2D eigenvalue weighted by atomic mass is 10.2. The fourth-order valence-corrected chi connectivity index (χ4v) is 2.05. The predicted octanol–water partition coefficient (Wildman–Crippen LogP) is 1.59. The highest BCUT2D eigenvalue weighted by molar-refractivity contribution is 6.34. The number of aromatic hydroxyl groups is 1. The molecule has 4 nitrogen and oxygen atoms in total. The van der Waals surface area contributed by atoms with Crippen molar-refractivity contribution in [1.29, 1.82) is 0 Å². The number of aromatic nitrogens is 1. The maximum atomic E-state index is 9.45. The van der Waals surface area contributed by atoms with E-state index < -0.39 is 0 Å². The second-order valence-corrected chi connectivity index (χ2v) is 3.90. The molecule has 1 aromatic heterocycles. The van der Waals surface area contributed by atoms with E-state index in [-0.39, 0.29) is 5.88 Å². The molecule has 1 aliphatic rings. The average Bonchev–Trinajstić information content (AvgIpc) is 2.26. The molecule has 15 heavy (non-hydrogen) atoms. The van der Waals surface area contributed by atoms with Gasteiger partial charge in [-0.1, -0.05) is 11.6 Å². The third-order valence-corrected chi connectivity index (χ3v) is 2.83. The maximum Gasteiger partial charge on any atom is 0.232 e. The summed E-state index contributed by atoms with van der Waals surface area (Å²) in [7, 11) is 0. The number of hydrogen-bond donors (Lipinski definition) is 1. The smallest absolute Gasteiger partial charge is 0.232 e. The van der Waals surface area contributed by atoms with Crippen LogP contribution in [0.1, 0.15) is 5.56 Å². The standard InChI is InChI=1S/C10H13ClN2O2/c1-7-6-12-10(14)8(11)9(7)13-2-4-15-5-3-13/h6H,2-5H2,1H3,(H,12,14). The van der Waals surface area contributed by atoms with Crippen LogP contribution in [-0.2, 0) is 4.74 Å². The Bertz CT molecular complexity index is 365. The Morgan fingerprint density at radius 3 is 2.80 bits per heavy atom. The average molecular weight is 229 g/mol. The van der Waals surface area contributed by atoms with Crippen molar-refractivity contribution in [2.45, 2.75) is 6.92 Å². The fraction of sp³-hybridized carbons (Fsp3) is 0.500. The summed E-state index contributed by atoms with van der Waals surface area (Å²) in [5, 5.41) is 9.78. The molecule has 1 aromatic rings. The number of morpholine rings is 1. The number of nitrogens with zero attached hydrogens (tertiary/aromatic N) is 2. The molecule has 1 fully saturated rings. The molecule has 1 aliphatic heterocycles. The predicted molar refractivity (Wildman–Crippen MR) is 58.7 cm³/mol. The summed E-state index contributed by atoms with van der Waals surface area (Å²) in [6.45, 7) is 4.91. The Balaban J connectivity index is 2.36. The lowest BCUT2D eigenvalue weighted by Crippen LogP contribution is -2.36. The van der Waals surface area contributed by atoms with Gasteiger partial charge in [0.05, 0.1) is 18.9 Å². The highest BCUT2D eigenvalue weighted by Crippen LogP contribution is 2.35. The normalized spacial score (nSPS) is 16.8. The van der Waals surface area contributed by atoms with Gasteiger partial charge in [-0.2, -0.15) is 0 Å². The van der Waals surface area contributed by atoms with Crippen molar-refractivity contribution in [3.8, 4) is 5.88 Å². The van der Waals surface area contributed by atoms with Crippen molar-refractivity contribution in [1.82, 2.24) is 4.98 Å². The molecule has 0 atom stereocenters. The van der Waals surface area contributed by atoms with E-state index in [0.29, 0.717) is 18.2 Å². The van der Waals surface area contributed by atoms with Gasteiger partial charge in [0, 0.05) is 19.3 Å². The molecule has 1 saturated heterocycles. The van der Waals surface area contributed by atoms with Crippen LogP contribution in [0.15, 0.2) is 6.20 Å². The first-order valence-electron chi connectivity index (χ1n) is 4.87. The first-order chi connectivity index (χ1) is 7.20. The minimum absolute atomic E-state index is 0.108. The Hall–Kier alpha value is -1.00. The molecule has 0 spiro atoms. The van der Waals surface area contributed by atoms with E-state index in [4.69, 9.17) is 16.3 Å². The zero-order chi connectivity index (χ0) is 10.8. The van der Waals surface area contributed by atoms with E-state index in [1.165, 1.54) is 0 Å². The monoisotopic (exact) mass is 228 g/mol. The first kappa shape index (κ1) is 10.5. The van der Waals surface area contributed by atoms with Gasteiger partial charge < -0.3 is 14.7 Å². The molecule has 0 bridgehead atoms. The van der Waals surface area contributed by atoms with E-state index in [2.05, 4.69) is 9.88 Å². The van der Waals surface area contributed by atoms with Crippen LogP contribution >= 0.6 is 11.6 Å². The van der Waals surface area contributed by atoms with Crippen LogP contribution < -0.4 is 4.90 Å². The summed E-state index contributed by atoms with van der Waals surface area (Å²) in [5.41, 5.74) is 1.84. The van der Waals surface area contributed by atoms with Gasteiger partial charge in [0.1, 0.15) is 5.02 Å². The van der Waals surface area contributed by atoms with E-state index in [1.807, 2.05) is 6.92 Å². The number of halogens is 1. The van der Waals surface area contributed by atoms with Crippen molar-refractivity contribution in [2.24, 2.45) is 0 Å². The Labute approximate surface area is 93.4 Å². The summed E-state index contributed by atoms with van der Waals surface area (Å²) in [6, 6.07) is 0. The highest BCUT2D eigenvalue weighted by atomic mass is 35.5. The van der Waals surface area contributed by atoms with Crippen LogP contribution in [0.2, 0.25) is 5.02 Å². The van der Waals surface area contributed by atoms with E-state index in [0.717, 1.165) is 24.3 Å². The number of aryl methyl sites for hydroxylation is 1. The third-order valence-electron chi connectivity index (χ3n) is 2.49. The molecule has 0 aromatic carbocycles. The zero-order valence-electron chi connectivity index (χ0n) is 8.53. The van der Waals surface area contributed by atoms with Gasteiger partial charge in [-0.15, -0.1) is 0 Å². The summed E-state index contributed by atoms with van der Waals surface area (Å²) in [5.74, 6) is -0.108. The van der Waals surface area contributed by atoms with Crippen LogP contribution in [0.4, 0.5) is 5.69 Å². The van der Waals surface area contributed by atoms with Gasteiger partial charge in [-0.3, -0.25) is 0 Å². The minimum Gasteiger partial charge on any atom is -0.492 e. The van der Waals surface area contributed by atoms with Gasteiger partial charge in [0.15, 0.2) is 0 Å². The zero-order valence-corrected chi connectivity index (χ0v) is 9.29. The molecule has 0 saturated carbocycles. The number of anilines is 1. The molecular formula is C10H13ClN2O2. The fourth-order valence-electron chi connectivity index (χ4n) is 1.73. The van der Waals surface area contributed by atoms with Gasteiger partial charge in [-0.05, 0) is 12.5 Å². The summed E-state index contributed by atoms with van der Waals surface area (Å²) in [4.78, 5) is 5.91. The Morgan fingerprint density at radius 1 is 1.47 bits per heavy atom. The molecular weight excluding hydrogens is 216 g/mol. The second kappa shape index (κ2) is 4.24. The van der Waals surface area contributed by atoms with E-state index in [9.17, 15) is 5.11 Å². The van der Waals surface area contributed by atoms with Crippen LogP contribution in [0.25, 0.3) is 0 Å². The van der Waals surface area contributed by atoms with E-state index in [1.54, 1.807) is 6.20 Å². The maximum absolute atomic E-state index is 9.45. The Morgan fingerprint density at radius 2 is 2.13 bits per heavy atom. The summed E-state index contributed by atoms with van der Waals surface area (Å²) in [6.07, 6.45) is 1.63. The van der Waals surface area contributed by atoms with Crippen LogP contribution in [0.5, 0.6) is 5.88 Å². The summed E-state index contributed by atoms with van der Waals surface area (Å²) >= 11 is 6.04. The van der Waals surface area contributed by atoms with Crippen molar-refractivity contribution in [3.63, 3.8) is 0 Å². The van der Waals surface area contributed by atoms with Gasteiger partial charge in [0.25, 0.3) is 0 Å². The lowest BCUT2D eigenvalue weighted by molar-refractivity contribution is 0.122. The first-order valence-corrected chi connectivity index (χ1v) is 5.24. The molecule has 1 N–H and O–H groups in total. The largest absolute Gasteiger partial charge is 0.492 e. The summed E-state index contributed by atoms with van der Waals surface area (Å²) < 4.78 is 5.27. The van der Waals surface area contributed by atoms with Crippen molar-refractivity contribution in [2.75, 3.05) is 31.2 Å². The van der Waals surface area contributed by atoms with Crippen LogP contribution in [0.3, 0.4) is 0 Å². The van der Waals surface area contributed by atoms with Crippen molar-refractivity contribution < 1.29 is 9.84 Å². The topological polar surface area (TPSA) is 45.6 Å². The molecule has 0 unspecified atom stereocenters. The van der Waals surface area contributed by atoms with Crippen LogP contribution in [0, 0.1) is 6.92 Å². The SMILES string of the molecule is Cc1cnc(O)c(Cl)c1N1CCOCC1. The quantitative estimate of drug-likeness (QED) is 0.793.